The van der Waals surface area contributed by atoms with Gasteiger partial charge in [0.25, 0.3) is 5.95 Å². The Kier molecular flexibility index (Phi) is 6.31. The summed E-state index contributed by atoms with van der Waals surface area (Å²) in [7, 11) is 0. The maximum absolute atomic E-state index is 14.2. The molecule has 0 saturated heterocycles. The van der Waals surface area contributed by atoms with E-state index in [9.17, 15) is 14.0 Å². The second-order valence-corrected chi connectivity index (χ2v) is 8.68. The van der Waals surface area contributed by atoms with Gasteiger partial charge in [-0.2, -0.15) is 9.78 Å². The number of anilines is 1. The zero-order chi connectivity index (χ0) is 21.9. The van der Waals surface area contributed by atoms with Crippen molar-refractivity contribution in [2.24, 2.45) is 0 Å². The number of thioether (sulfide) groups is 1. The highest BCUT2D eigenvalue weighted by Crippen LogP contribution is 2.26. The second kappa shape index (κ2) is 8.74. The first-order valence-corrected chi connectivity index (χ1v) is 10.2. The van der Waals surface area contributed by atoms with E-state index in [0.29, 0.717) is 22.2 Å². The average molecular weight is 428 g/mol. The molecule has 0 unspecified atom stereocenters. The van der Waals surface area contributed by atoms with E-state index in [-0.39, 0.29) is 22.9 Å². The molecule has 30 heavy (non-hydrogen) atoms. The predicted octanol–water partition coefficient (Wildman–Crippen LogP) is 4.03. The van der Waals surface area contributed by atoms with Gasteiger partial charge in [-0.3, -0.25) is 9.59 Å². The zero-order valence-electron chi connectivity index (χ0n) is 17.1. The molecule has 0 aliphatic heterocycles. The van der Waals surface area contributed by atoms with Gasteiger partial charge in [-0.05, 0) is 25.1 Å². The monoisotopic (exact) mass is 427 g/mol. The Morgan fingerprint density at radius 2 is 1.87 bits per heavy atom. The van der Waals surface area contributed by atoms with Crippen LogP contribution in [0.5, 0.6) is 0 Å². The number of Topliss-reactive ketones (excluding diaryl/α,β-unsaturated/α-hetero) is 1. The number of hydrogen-bond acceptors (Lipinski definition) is 6. The van der Waals surface area contributed by atoms with E-state index in [0.717, 1.165) is 17.5 Å². The fraction of sp³-hybridized carbons (Fsp3) is 0.286. The fourth-order valence-electron chi connectivity index (χ4n) is 2.55. The van der Waals surface area contributed by atoms with Crippen LogP contribution in [0.1, 0.15) is 43.7 Å². The minimum absolute atomic E-state index is 0.0119. The molecule has 2 aromatic heterocycles. The molecular weight excluding hydrogens is 405 g/mol. The fourth-order valence-corrected chi connectivity index (χ4v) is 3.27. The first-order chi connectivity index (χ1) is 14.1. The van der Waals surface area contributed by atoms with Crippen LogP contribution in [0, 0.1) is 5.82 Å². The van der Waals surface area contributed by atoms with Crippen molar-refractivity contribution in [1.82, 2.24) is 19.7 Å². The highest BCUT2D eigenvalue weighted by Gasteiger charge is 2.22. The van der Waals surface area contributed by atoms with Gasteiger partial charge in [-0.15, -0.1) is 11.8 Å². The van der Waals surface area contributed by atoms with E-state index in [1.807, 2.05) is 20.8 Å². The van der Waals surface area contributed by atoms with Crippen LogP contribution >= 0.6 is 11.8 Å². The van der Waals surface area contributed by atoms with Crippen molar-refractivity contribution in [3.05, 3.63) is 59.8 Å². The molecule has 2 heterocycles. The van der Waals surface area contributed by atoms with Crippen LogP contribution in [-0.2, 0) is 10.2 Å². The summed E-state index contributed by atoms with van der Waals surface area (Å²) in [5.41, 5.74) is 0.821. The molecule has 0 atom stereocenters. The van der Waals surface area contributed by atoms with E-state index < -0.39 is 5.82 Å². The van der Waals surface area contributed by atoms with Crippen molar-refractivity contribution >= 4 is 29.3 Å². The van der Waals surface area contributed by atoms with Gasteiger partial charge < -0.3 is 5.32 Å². The molecule has 0 spiro atoms. The van der Waals surface area contributed by atoms with Crippen molar-refractivity contribution in [3.63, 3.8) is 0 Å². The number of aromatic nitrogens is 4. The van der Waals surface area contributed by atoms with Gasteiger partial charge >= 0.3 is 0 Å². The summed E-state index contributed by atoms with van der Waals surface area (Å²) in [6, 6.07) is 7.70. The number of hydrogen-bond donors (Lipinski definition) is 1. The van der Waals surface area contributed by atoms with Gasteiger partial charge in [0.05, 0.1) is 11.4 Å². The number of nitrogens with one attached hydrogen (secondary N) is 1. The Balaban J connectivity index is 1.76. The normalized spacial score (nSPS) is 11.4. The SMILES string of the molecule is CC(=O)c1ccc(SCC(=O)Nc2cc(C(C)(C)C)nn2-c2ncccn2)c(F)c1. The van der Waals surface area contributed by atoms with E-state index in [4.69, 9.17) is 0 Å². The number of carbonyl (C=O) groups is 2. The Labute approximate surface area is 178 Å². The molecule has 7 nitrogen and oxygen atoms in total. The van der Waals surface area contributed by atoms with E-state index >= 15 is 0 Å². The van der Waals surface area contributed by atoms with Gasteiger partial charge in [0.2, 0.25) is 5.91 Å². The summed E-state index contributed by atoms with van der Waals surface area (Å²) in [6.45, 7) is 7.42. The maximum atomic E-state index is 14.2. The van der Waals surface area contributed by atoms with Crippen LogP contribution in [0.2, 0.25) is 0 Å². The summed E-state index contributed by atoms with van der Waals surface area (Å²) in [6.07, 6.45) is 3.19. The highest BCUT2D eigenvalue weighted by atomic mass is 32.2. The minimum Gasteiger partial charge on any atom is -0.310 e. The van der Waals surface area contributed by atoms with Crippen LogP contribution < -0.4 is 5.32 Å². The number of halogens is 1. The van der Waals surface area contributed by atoms with Gasteiger partial charge in [-0.25, -0.2) is 14.4 Å². The standard InChI is InChI=1S/C21H22FN5O2S/c1-13(28)14-6-7-16(15(22)10-14)30-12-19(29)25-18-11-17(21(2,3)4)26-27(18)20-23-8-5-9-24-20/h5-11H,12H2,1-4H3,(H,25,29). The molecule has 0 bridgehead atoms. The lowest BCUT2D eigenvalue weighted by molar-refractivity contribution is -0.113. The Hall–Kier alpha value is -3.07. The van der Waals surface area contributed by atoms with Crippen molar-refractivity contribution in [2.45, 2.75) is 38.0 Å². The molecule has 1 aromatic carbocycles. The lowest BCUT2D eigenvalue weighted by Gasteiger charge is -2.13. The molecule has 0 radical (unpaired) electrons. The number of carbonyl (C=O) groups excluding carboxylic acids is 2. The molecule has 0 saturated carbocycles. The zero-order valence-corrected chi connectivity index (χ0v) is 18.0. The summed E-state index contributed by atoms with van der Waals surface area (Å²) < 4.78 is 15.6. The quantitative estimate of drug-likeness (QED) is 0.472. The Morgan fingerprint density at radius 3 is 2.47 bits per heavy atom. The summed E-state index contributed by atoms with van der Waals surface area (Å²) in [5, 5.41) is 7.35. The van der Waals surface area contributed by atoms with Crippen molar-refractivity contribution in [2.75, 3.05) is 11.1 Å². The number of benzene rings is 1. The molecule has 9 heteroatoms. The Bertz CT molecular complexity index is 1080. The average Bonchev–Trinajstić information content (AvgIpc) is 3.11. The molecule has 0 aliphatic rings. The van der Waals surface area contributed by atoms with E-state index in [1.54, 1.807) is 30.6 Å². The number of amides is 1. The van der Waals surface area contributed by atoms with Crippen LogP contribution in [0.15, 0.2) is 47.6 Å². The minimum atomic E-state index is -0.529. The third kappa shape index (κ3) is 5.10. The van der Waals surface area contributed by atoms with Crippen molar-refractivity contribution in [1.29, 1.82) is 0 Å². The molecule has 0 aliphatic carbocycles. The van der Waals surface area contributed by atoms with Gasteiger partial charge in [0.15, 0.2) is 5.78 Å². The molecule has 3 aromatic rings. The number of nitrogens with zero attached hydrogens (tertiary/aromatic N) is 4. The summed E-state index contributed by atoms with van der Waals surface area (Å²) >= 11 is 1.05. The van der Waals surface area contributed by atoms with Crippen LogP contribution in [-0.4, -0.2) is 37.2 Å². The van der Waals surface area contributed by atoms with Gasteiger partial charge in [0.1, 0.15) is 11.6 Å². The lowest BCUT2D eigenvalue weighted by Crippen LogP contribution is -2.18. The number of rotatable bonds is 6. The third-order valence-corrected chi connectivity index (χ3v) is 5.23. The smallest absolute Gasteiger partial charge is 0.252 e. The third-order valence-electron chi connectivity index (χ3n) is 4.18. The van der Waals surface area contributed by atoms with E-state index in [2.05, 4.69) is 20.4 Å². The Morgan fingerprint density at radius 1 is 1.17 bits per heavy atom. The van der Waals surface area contributed by atoms with Crippen LogP contribution in [0.4, 0.5) is 10.2 Å². The topological polar surface area (TPSA) is 89.8 Å². The molecule has 1 N–H and O–H groups in total. The largest absolute Gasteiger partial charge is 0.310 e. The van der Waals surface area contributed by atoms with Crippen molar-refractivity contribution in [3.8, 4) is 5.95 Å². The van der Waals surface area contributed by atoms with Crippen LogP contribution in [0.3, 0.4) is 0 Å². The van der Waals surface area contributed by atoms with Gasteiger partial charge in [-0.1, -0.05) is 26.8 Å². The molecular formula is C21H22FN5O2S. The maximum Gasteiger partial charge on any atom is 0.252 e. The molecule has 3 rings (SSSR count). The lowest BCUT2D eigenvalue weighted by atomic mass is 9.92. The first kappa shape index (κ1) is 21.6. The summed E-state index contributed by atoms with van der Waals surface area (Å²) in [5.74, 6) is -0.312. The van der Waals surface area contributed by atoms with Crippen LogP contribution in [0.25, 0.3) is 5.95 Å². The molecule has 0 fully saturated rings. The molecule has 1 amide bonds. The van der Waals surface area contributed by atoms with Crippen molar-refractivity contribution < 1.29 is 14.0 Å². The summed E-state index contributed by atoms with van der Waals surface area (Å²) in [4.78, 5) is 32.6. The number of ketones is 1. The predicted molar refractivity (Wildman–Crippen MR) is 114 cm³/mol. The highest BCUT2D eigenvalue weighted by molar-refractivity contribution is 8.00. The second-order valence-electron chi connectivity index (χ2n) is 7.66. The first-order valence-electron chi connectivity index (χ1n) is 9.26. The molecule has 156 valence electrons. The van der Waals surface area contributed by atoms with Gasteiger partial charge in [0, 0.05) is 34.3 Å². The van der Waals surface area contributed by atoms with E-state index in [1.165, 1.54) is 23.7 Å².